The summed E-state index contributed by atoms with van der Waals surface area (Å²) >= 11 is 0. The average molecular weight is 220 g/mol. The highest BCUT2D eigenvalue weighted by atomic mass is 15.3. The fraction of sp³-hybridized carbons (Fsp3) is 0.857. The quantitative estimate of drug-likeness (QED) is 0.671. The Morgan fingerprint density at radius 1 is 1.31 bits per heavy atom. The molecule has 16 heavy (non-hydrogen) atoms. The van der Waals surface area contributed by atoms with Crippen LogP contribution < -0.4 is 0 Å². The van der Waals surface area contributed by atoms with E-state index in [0.29, 0.717) is 0 Å². The fourth-order valence-electron chi connectivity index (χ4n) is 3.13. The average Bonchev–Trinajstić information content (AvgIpc) is 2.75. The normalized spacial score (nSPS) is 30.9. The van der Waals surface area contributed by atoms with Gasteiger partial charge in [-0.2, -0.15) is 0 Å². The summed E-state index contributed by atoms with van der Waals surface area (Å²) < 4.78 is 0. The van der Waals surface area contributed by atoms with Crippen LogP contribution in [0.15, 0.2) is 0 Å². The molecule has 0 aromatic heterocycles. The second-order valence-corrected chi connectivity index (χ2v) is 5.02. The Balaban J connectivity index is 1.90. The van der Waals surface area contributed by atoms with Crippen molar-refractivity contribution in [3.8, 4) is 11.8 Å². The van der Waals surface area contributed by atoms with Gasteiger partial charge in [0.2, 0.25) is 0 Å². The predicted octanol–water partition coefficient (Wildman–Crippen LogP) is 1.96. The van der Waals surface area contributed by atoms with Gasteiger partial charge in [-0.1, -0.05) is 6.92 Å². The van der Waals surface area contributed by atoms with Gasteiger partial charge in [0.25, 0.3) is 0 Å². The monoisotopic (exact) mass is 220 g/mol. The number of rotatable bonds is 3. The van der Waals surface area contributed by atoms with E-state index < -0.39 is 0 Å². The van der Waals surface area contributed by atoms with E-state index in [9.17, 15) is 0 Å². The first-order valence-electron chi connectivity index (χ1n) is 6.72. The van der Waals surface area contributed by atoms with E-state index in [-0.39, 0.29) is 0 Å². The molecule has 0 spiro atoms. The third kappa shape index (κ3) is 2.59. The highest BCUT2D eigenvalue weighted by Gasteiger charge is 2.34. The van der Waals surface area contributed by atoms with Crippen molar-refractivity contribution in [2.75, 3.05) is 26.2 Å². The zero-order valence-electron chi connectivity index (χ0n) is 10.7. The first-order valence-corrected chi connectivity index (χ1v) is 6.72. The Bertz CT molecular complexity index is 276. The van der Waals surface area contributed by atoms with Gasteiger partial charge in [0.1, 0.15) is 0 Å². The molecule has 2 fully saturated rings. The first kappa shape index (κ1) is 12.0. The number of piperazine rings is 1. The predicted molar refractivity (Wildman–Crippen MR) is 68.3 cm³/mol. The number of nitrogens with zero attached hydrogens (tertiary/aromatic N) is 2. The van der Waals surface area contributed by atoms with Gasteiger partial charge in [0.15, 0.2) is 0 Å². The van der Waals surface area contributed by atoms with Crippen LogP contribution in [0.4, 0.5) is 0 Å². The lowest BCUT2D eigenvalue weighted by molar-refractivity contribution is 0.0510. The van der Waals surface area contributed by atoms with Crippen molar-refractivity contribution in [1.82, 2.24) is 9.80 Å². The molecule has 2 aliphatic heterocycles. The number of fused-ring (bicyclic) bond motifs is 1. The molecule has 0 aliphatic carbocycles. The number of hydrogen-bond donors (Lipinski definition) is 0. The Morgan fingerprint density at radius 3 is 2.94 bits per heavy atom. The smallest absolute Gasteiger partial charge is 0.0224 e. The zero-order valence-corrected chi connectivity index (χ0v) is 10.7. The van der Waals surface area contributed by atoms with Crippen LogP contribution in [0.2, 0.25) is 0 Å². The van der Waals surface area contributed by atoms with Crippen molar-refractivity contribution in [2.45, 2.75) is 51.6 Å². The second kappa shape index (κ2) is 5.70. The topological polar surface area (TPSA) is 6.48 Å². The van der Waals surface area contributed by atoms with Gasteiger partial charge in [0.05, 0.1) is 0 Å². The molecule has 2 heteroatoms. The lowest BCUT2D eigenvalue weighted by Crippen LogP contribution is -2.55. The van der Waals surface area contributed by atoms with Crippen molar-refractivity contribution < 1.29 is 0 Å². The van der Waals surface area contributed by atoms with Gasteiger partial charge in [-0.05, 0) is 32.7 Å². The summed E-state index contributed by atoms with van der Waals surface area (Å²) in [6.07, 6.45) is 5.14. The molecule has 2 atom stereocenters. The molecule has 2 rings (SSSR count). The standard InChI is InChI=1S/C14H24N2/c1-3-5-6-9-15-12-14-8-7-10-16(14)11-13(15)4-2/h13-14H,4,6-12H2,1-2H3. The summed E-state index contributed by atoms with van der Waals surface area (Å²) in [6.45, 7) is 9.34. The minimum Gasteiger partial charge on any atom is -0.298 e. The van der Waals surface area contributed by atoms with E-state index in [1.54, 1.807) is 0 Å². The summed E-state index contributed by atoms with van der Waals surface area (Å²) in [7, 11) is 0. The molecular formula is C14H24N2. The third-order valence-electron chi connectivity index (χ3n) is 4.08. The summed E-state index contributed by atoms with van der Waals surface area (Å²) in [5.41, 5.74) is 0. The van der Waals surface area contributed by atoms with E-state index in [1.807, 2.05) is 6.92 Å². The van der Waals surface area contributed by atoms with Crippen molar-refractivity contribution in [3.05, 3.63) is 0 Å². The Labute approximate surface area is 100.0 Å². The maximum atomic E-state index is 3.19. The fourth-order valence-corrected chi connectivity index (χ4v) is 3.13. The number of hydrogen-bond acceptors (Lipinski definition) is 2. The molecule has 0 N–H and O–H groups in total. The van der Waals surface area contributed by atoms with Crippen LogP contribution in [0, 0.1) is 11.8 Å². The Morgan fingerprint density at radius 2 is 2.19 bits per heavy atom. The van der Waals surface area contributed by atoms with Crippen molar-refractivity contribution in [2.24, 2.45) is 0 Å². The van der Waals surface area contributed by atoms with Gasteiger partial charge in [-0.15, -0.1) is 11.8 Å². The molecule has 0 saturated carbocycles. The van der Waals surface area contributed by atoms with Gasteiger partial charge < -0.3 is 0 Å². The lowest BCUT2D eigenvalue weighted by atomic mass is 10.0. The highest BCUT2D eigenvalue weighted by molar-refractivity contribution is 4.97. The highest BCUT2D eigenvalue weighted by Crippen LogP contribution is 2.25. The summed E-state index contributed by atoms with van der Waals surface area (Å²) in [4.78, 5) is 5.38. The van der Waals surface area contributed by atoms with E-state index in [1.165, 1.54) is 45.4 Å². The van der Waals surface area contributed by atoms with E-state index in [0.717, 1.165) is 18.5 Å². The lowest BCUT2D eigenvalue weighted by Gasteiger charge is -2.43. The van der Waals surface area contributed by atoms with E-state index >= 15 is 0 Å². The maximum Gasteiger partial charge on any atom is 0.0224 e. The minimum absolute atomic E-state index is 0.771. The molecule has 0 radical (unpaired) electrons. The van der Waals surface area contributed by atoms with E-state index in [4.69, 9.17) is 0 Å². The molecule has 0 amide bonds. The van der Waals surface area contributed by atoms with Crippen LogP contribution in [0.5, 0.6) is 0 Å². The molecule has 90 valence electrons. The molecule has 2 nitrogen and oxygen atoms in total. The third-order valence-corrected chi connectivity index (χ3v) is 4.08. The summed E-state index contributed by atoms with van der Waals surface area (Å²) in [6, 6.07) is 1.62. The minimum atomic E-state index is 0.771. The molecule has 0 bridgehead atoms. The van der Waals surface area contributed by atoms with Crippen LogP contribution in [0.3, 0.4) is 0 Å². The van der Waals surface area contributed by atoms with Crippen LogP contribution in [0.1, 0.15) is 39.5 Å². The van der Waals surface area contributed by atoms with Gasteiger partial charge in [0, 0.05) is 38.1 Å². The van der Waals surface area contributed by atoms with Crippen LogP contribution in [0.25, 0.3) is 0 Å². The summed E-state index contributed by atoms with van der Waals surface area (Å²) in [5, 5.41) is 0. The Hall–Kier alpha value is -0.520. The molecule has 2 saturated heterocycles. The molecule has 2 aliphatic rings. The van der Waals surface area contributed by atoms with Gasteiger partial charge in [-0.3, -0.25) is 9.80 Å². The molecule has 0 aromatic carbocycles. The second-order valence-electron chi connectivity index (χ2n) is 5.02. The van der Waals surface area contributed by atoms with Crippen molar-refractivity contribution in [3.63, 3.8) is 0 Å². The molecular weight excluding hydrogens is 196 g/mol. The van der Waals surface area contributed by atoms with Crippen LogP contribution in [-0.2, 0) is 0 Å². The largest absolute Gasteiger partial charge is 0.298 e. The molecule has 2 heterocycles. The maximum absolute atomic E-state index is 3.19. The Kier molecular flexibility index (Phi) is 4.26. The van der Waals surface area contributed by atoms with Crippen LogP contribution >= 0.6 is 0 Å². The van der Waals surface area contributed by atoms with Crippen molar-refractivity contribution in [1.29, 1.82) is 0 Å². The SMILES string of the molecule is CC#CCCN1CC2CCCN2CC1CC. The van der Waals surface area contributed by atoms with Gasteiger partial charge in [-0.25, -0.2) is 0 Å². The zero-order chi connectivity index (χ0) is 11.4. The summed E-state index contributed by atoms with van der Waals surface area (Å²) in [5.74, 6) is 6.19. The molecule has 0 aromatic rings. The van der Waals surface area contributed by atoms with Crippen molar-refractivity contribution >= 4 is 0 Å². The van der Waals surface area contributed by atoms with Gasteiger partial charge >= 0.3 is 0 Å². The van der Waals surface area contributed by atoms with E-state index in [2.05, 4.69) is 28.6 Å². The molecule has 2 unspecified atom stereocenters. The van der Waals surface area contributed by atoms with Crippen LogP contribution in [-0.4, -0.2) is 48.1 Å². The first-order chi connectivity index (χ1) is 7.85.